The number of likely N-dealkylation sites (tertiary alicyclic amines) is 1. The molecular formula is C21H21BrN4O4. The van der Waals surface area contributed by atoms with Crippen LogP contribution < -0.4 is 14.2 Å². The summed E-state index contributed by atoms with van der Waals surface area (Å²) in [5.74, 6) is 1.74. The minimum Gasteiger partial charge on any atom is -0.497 e. The molecule has 0 spiro atoms. The largest absolute Gasteiger partial charge is 0.497 e. The maximum atomic E-state index is 13.0. The maximum Gasteiger partial charge on any atom is 0.272 e. The molecule has 4 rings (SSSR count). The summed E-state index contributed by atoms with van der Waals surface area (Å²) in [6.07, 6.45) is 2.30. The van der Waals surface area contributed by atoms with Crippen LogP contribution in [0.25, 0.3) is 11.3 Å². The van der Waals surface area contributed by atoms with Gasteiger partial charge in [0.2, 0.25) is 5.88 Å². The van der Waals surface area contributed by atoms with Gasteiger partial charge in [-0.1, -0.05) is 0 Å². The molecule has 1 saturated heterocycles. The summed E-state index contributed by atoms with van der Waals surface area (Å²) in [6.45, 7) is 1.09. The highest BCUT2D eigenvalue weighted by molar-refractivity contribution is 9.10. The van der Waals surface area contributed by atoms with Crippen molar-refractivity contribution in [3.8, 4) is 28.6 Å². The molecule has 1 aromatic carbocycles. The first-order valence-electron chi connectivity index (χ1n) is 9.43. The second kappa shape index (κ2) is 8.74. The highest BCUT2D eigenvalue weighted by Crippen LogP contribution is 2.33. The van der Waals surface area contributed by atoms with Crippen molar-refractivity contribution in [3.05, 3.63) is 52.8 Å². The summed E-state index contributed by atoms with van der Waals surface area (Å²) in [6, 6.07) is 10.9. The number of ether oxygens (including phenoxy) is 3. The molecule has 0 radical (unpaired) electrons. The summed E-state index contributed by atoms with van der Waals surface area (Å²) < 4.78 is 17.4. The first kappa shape index (κ1) is 20.2. The van der Waals surface area contributed by atoms with Gasteiger partial charge in [0.25, 0.3) is 5.91 Å². The van der Waals surface area contributed by atoms with Gasteiger partial charge in [0.1, 0.15) is 23.3 Å². The predicted molar refractivity (Wildman–Crippen MR) is 114 cm³/mol. The van der Waals surface area contributed by atoms with Crippen LogP contribution >= 0.6 is 15.9 Å². The van der Waals surface area contributed by atoms with Gasteiger partial charge in [0.05, 0.1) is 30.9 Å². The van der Waals surface area contributed by atoms with Crippen molar-refractivity contribution in [2.24, 2.45) is 0 Å². The molecule has 0 saturated carbocycles. The number of aromatic nitrogens is 3. The number of carbonyl (C=O) groups is 1. The van der Waals surface area contributed by atoms with E-state index in [1.165, 1.54) is 0 Å². The zero-order valence-electron chi connectivity index (χ0n) is 16.6. The monoisotopic (exact) mass is 472 g/mol. The smallest absolute Gasteiger partial charge is 0.272 e. The average Bonchev–Trinajstić information content (AvgIpc) is 3.44. The quantitative estimate of drug-likeness (QED) is 0.589. The first-order valence-corrected chi connectivity index (χ1v) is 10.2. The van der Waals surface area contributed by atoms with Crippen LogP contribution in [0.15, 0.2) is 47.1 Å². The zero-order valence-corrected chi connectivity index (χ0v) is 18.2. The van der Waals surface area contributed by atoms with Crippen molar-refractivity contribution in [2.45, 2.75) is 12.5 Å². The lowest BCUT2D eigenvalue weighted by Gasteiger charge is -2.16. The third kappa shape index (κ3) is 4.11. The number of nitrogens with one attached hydrogen (secondary N) is 1. The van der Waals surface area contributed by atoms with Gasteiger partial charge in [0.15, 0.2) is 0 Å². The van der Waals surface area contributed by atoms with Crippen LogP contribution in [0.3, 0.4) is 0 Å². The fourth-order valence-corrected chi connectivity index (χ4v) is 3.73. The van der Waals surface area contributed by atoms with Gasteiger partial charge < -0.3 is 19.1 Å². The molecule has 0 aliphatic carbocycles. The number of carbonyl (C=O) groups excluding carboxylic acids is 1. The van der Waals surface area contributed by atoms with E-state index in [9.17, 15) is 4.79 Å². The Hall–Kier alpha value is -3.07. The van der Waals surface area contributed by atoms with E-state index in [0.29, 0.717) is 41.9 Å². The predicted octanol–water partition coefficient (Wildman–Crippen LogP) is 3.54. The molecule has 1 N–H and O–H groups in total. The van der Waals surface area contributed by atoms with E-state index >= 15 is 0 Å². The fourth-order valence-electron chi connectivity index (χ4n) is 3.38. The SMILES string of the molecule is COc1ccc(OC)c(-c2cc(C(=O)N3CCC(Oc4ncccc4Br)C3)[nH]n2)c1. The second-order valence-electron chi connectivity index (χ2n) is 6.80. The molecule has 1 unspecified atom stereocenters. The lowest BCUT2D eigenvalue weighted by Crippen LogP contribution is -2.31. The number of halogens is 1. The number of amides is 1. The number of benzene rings is 1. The Balaban J connectivity index is 1.47. The lowest BCUT2D eigenvalue weighted by atomic mass is 10.1. The number of methoxy groups -OCH3 is 2. The summed E-state index contributed by atoms with van der Waals surface area (Å²) in [7, 11) is 3.19. The van der Waals surface area contributed by atoms with Crippen molar-refractivity contribution in [1.82, 2.24) is 20.1 Å². The molecule has 1 aliphatic rings. The number of rotatable bonds is 6. The van der Waals surface area contributed by atoms with Crippen LogP contribution in [0.2, 0.25) is 0 Å². The van der Waals surface area contributed by atoms with Gasteiger partial charge in [-0.25, -0.2) is 4.98 Å². The summed E-state index contributed by atoms with van der Waals surface area (Å²) in [5, 5.41) is 7.15. The van der Waals surface area contributed by atoms with Crippen molar-refractivity contribution < 1.29 is 19.0 Å². The molecule has 3 aromatic rings. The molecular weight excluding hydrogens is 452 g/mol. The summed E-state index contributed by atoms with van der Waals surface area (Å²) in [4.78, 5) is 18.9. The molecule has 0 bridgehead atoms. The van der Waals surface area contributed by atoms with Crippen molar-refractivity contribution in [1.29, 1.82) is 0 Å². The van der Waals surface area contributed by atoms with Gasteiger partial charge in [-0.15, -0.1) is 0 Å². The molecule has 1 aliphatic heterocycles. The van der Waals surface area contributed by atoms with E-state index in [0.717, 1.165) is 16.5 Å². The molecule has 156 valence electrons. The Morgan fingerprint density at radius 1 is 1.23 bits per heavy atom. The van der Waals surface area contributed by atoms with Crippen LogP contribution in [0.5, 0.6) is 17.4 Å². The molecule has 1 fully saturated rings. The Morgan fingerprint density at radius 2 is 2.10 bits per heavy atom. The number of aromatic amines is 1. The Kier molecular flexibility index (Phi) is 5.89. The molecule has 1 atom stereocenters. The topological polar surface area (TPSA) is 89.6 Å². The second-order valence-corrected chi connectivity index (χ2v) is 7.66. The van der Waals surface area contributed by atoms with Crippen molar-refractivity contribution in [2.75, 3.05) is 27.3 Å². The summed E-state index contributed by atoms with van der Waals surface area (Å²) >= 11 is 3.43. The number of hydrogen-bond donors (Lipinski definition) is 1. The van der Waals surface area contributed by atoms with E-state index in [1.54, 1.807) is 31.4 Å². The molecule has 30 heavy (non-hydrogen) atoms. The highest BCUT2D eigenvalue weighted by Gasteiger charge is 2.30. The molecule has 2 aromatic heterocycles. The molecule has 9 heteroatoms. The first-order chi connectivity index (χ1) is 14.6. The molecule has 3 heterocycles. The molecule has 8 nitrogen and oxygen atoms in total. The summed E-state index contributed by atoms with van der Waals surface area (Å²) in [5.41, 5.74) is 1.77. The Labute approximate surface area is 182 Å². The lowest BCUT2D eigenvalue weighted by molar-refractivity contribution is 0.0765. The molecule has 1 amide bonds. The van der Waals surface area contributed by atoms with Gasteiger partial charge >= 0.3 is 0 Å². The highest BCUT2D eigenvalue weighted by atomic mass is 79.9. The van der Waals surface area contributed by atoms with Gasteiger partial charge in [-0.05, 0) is 52.3 Å². The minimum absolute atomic E-state index is 0.110. The van der Waals surface area contributed by atoms with Gasteiger partial charge in [0, 0.05) is 24.7 Å². The van der Waals surface area contributed by atoms with E-state index in [4.69, 9.17) is 14.2 Å². The number of pyridine rings is 1. The number of hydrogen-bond acceptors (Lipinski definition) is 6. The van der Waals surface area contributed by atoms with Gasteiger partial charge in [-0.2, -0.15) is 5.10 Å². The van der Waals surface area contributed by atoms with Crippen LogP contribution in [0.4, 0.5) is 0 Å². The maximum absolute atomic E-state index is 13.0. The zero-order chi connectivity index (χ0) is 21.1. The van der Waals surface area contributed by atoms with Crippen molar-refractivity contribution in [3.63, 3.8) is 0 Å². The third-order valence-electron chi connectivity index (χ3n) is 4.93. The Morgan fingerprint density at radius 3 is 2.87 bits per heavy atom. The van der Waals surface area contributed by atoms with Crippen LogP contribution in [0, 0.1) is 0 Å². The van der Waals surface area contributed by atoms with E-state index in [-0.39, 0.29) is 12.0 Å². The standard InChI is InChI=1S/C21H21BrN4O4/c1-28-13-5-6-19(29-2)15(10-13)17-11-18(25-24-17)21(27)26-9-7-14(12-26)30-20-16(22)4-3-8-23-20/h3-6,8,10-11,14H,7,9,12H2,1-2H3,(H,24,25). The van der Waals surface area contributed by atoms with E-state index < -0.39 is 0 Å². The minimum atomic E-state index is -0.123. The van der Waals surface area contributed by atoms with Crippen molar-refractivity contribution >= 4 is 21.8 Å². The fraction of sp³-hybridized carbons (Fsp3) is 0.286. The number of H-pyrrole nitrogens is 1. The average molecular weight is 473 g/mol. The Bertz CT molecular complexity index is 1050. The van der Waals surface area contributed by atoms with E-state index in [1.807, 2.05) is 30.3 Å². The van der Waals surface area contributed by atoms with Crippen LogP contribution in [0.1, 0.15) is 16.9 Å². The number of nitrogens with zero attached hydrogens (tertiary/aromatic N) is 3. The van der Waals surface area contributed by atoms with Gasteiger partial charge in [-0.3, -0.25) is 9.89 Å². The normalized spacial score (nSPS) is 15.8. The third-order valence-corrected chi connectivity index (χ3v) is 5.53. The van der Waals surface area contributed by atoms with E-state index in [2.05, 4.69) is 31.1 Å². The van der Waals surface area contributed by atoms with Crippen LogP contribution in [-0.2, 0) is 0 Å². The van der Waals surface area contributed by atoms with Crippen LogP contribution in [-0.4, -0.2) is 59.4 Å².